The number of amides is 1. The van der Waals surface area contributed by atoms with Crippen molar-refractivity contribution in [2.45, 2.75) is 43.9 Å². The largest absolute Gasteiger partial charge is 0.431 e. The summed E-state index contributed by atoms with van der Waals surface area (Å²) in [6.07, 6.45) is 5.43. The van der Waals surface area contributed by atoms with Crippen molar-refractivity contribution in [2.75, 3.05) is 5.75 Å². The summed E-state index contributed by atoms with van der Waals surface area (Å²) in [6, 6.07) is 7.94. The number of benzene rings is 1. The van der Waals surface area contributed by atoms with Crippen LogP contribution in [0.4, 0.5) is 0 Å². The van der Waals surface area contributed by atoms with Crippen molar-refractivity contribution in [3.8, 4) is 0 Å². The quantitative estimate of drug-likeness (QED) is 0.846. The van der Waals surface area contributed by atoms with Gasteiger partial charge in [0.05, 0.1) is 5.75 Å². The summed E-state index contributed by atoms with van der Waals surface area (Å²) < 4.78 is 5.64. The Hall–Kier alpha value is -1.49. The molecule has 2 saturated carbocycles. The van der Waals surface area contributed by atoms with Crippen LogP contribution in [0.25, 0.3) is 11.1 Å². The lowest BCUT2D eigenvalue weighted by Gasteiger charge is -2.28. The van der Waals surface area contributed by atoms with Crippen LogP contribution in [-0.2, 0) is 4.79 Å². The Labute approximate surface area is 140 Å². The summed E-state index contributed by atoms with van der Waals surface area (Å²) in [4.78, 5) is 16.6. The molecular formula is C18H22N2O2S. The zero-order valence-electron chi connectivity index (χ0n) is 13.3. The Kier molecular flexibility index (Phi) is 4.05. The van der Waals surface area contributed by atoms with E-state index < -0.39 is 0 Å². The van der Waals surface area contributed by atoms with E-state index in [9.17, 15) is 4.79 Å². The molecule has 4 rings (SSSR count). The number of oxazole rings is 1. The number of hydrogen-bond donors (Lipinski definition) is 1. The number of carbonyl (C=O) groups excluding carboxylic acids is 1. The smallest absolute Gasteiger partial charge is 0.257 e. The maximum Gasteiger partial charge on any atom is 0.257 e. The fraction of sp³-hybridized carbons (Fsp3) is 0.556. The van der Waals surface area contributed by atoms with E-state index in [2.05, 4.69) is 17.2 Å². The number of hydrogen-bond acceptors (Lipinski definition) is 4. The number of fused-ring (bicyclic) bond motifs is 3. The van der Waals surface area contributed by atoms with Crippen molar-refractivity contribution < 1.29 is 9.21 Å². The van der Waals surface area contributed by atoms with Crippen molar-refractivity contribution in [1.82, 2.24) is 10.3 Å². The third-order valence-corrected chi connectivity index (χ3v) is 6.25. The Morgan fingerprint density at radius 3 is 3.00 bits per heavy atom. The molecule has 0 radical (unpaired) electrons. The fourth-order valence-corrected chi connectivity index (χ4v) is 5.00. The number of rotatable bonds is 5. The second-order valence-electron chi connectivity index (χ2n) is 6.93. The molecule has 2 fully saturated rings. The van der Waals surface area contributed by atoms with Crippen molar-refractivity contribution in [2.24, 2.45) is 17.8 Å². The van der Waals surface area contributed by atoms with Gasteiger partial charge in [0.25, 0.3) is 5.22 Å². The highest BCUT2D eigenvalue weighted by Gasteiger charge is 2.42. The van der Waals surface area contributed by atoms with Gasteiger partial charge in [0.1, 0.15) is 5.52 Å². The first-order chi connectivity index (χ1) is 11.2. The van der Waals surface area contributed by atoms with E-state index in [0.29, 0.717) is 16.9 Å². The first kappa shape index (κ1) is 15.1. The van der Waals surface area contributed by atoms with Crippen LogP contribution >= 0.6 is 11.8 Å². The van der Waals surface area contributed by atoms with Gasteiger partial charge in [-0.15, -0.1) is 0 Å². The van der Waals surface area contributed by atoms with Crippen LogP contribution in [0.5, 0.6) is 0 Å². The monoisotopic (exact) mass is 330 g/mol. The topological polar surface area (TPSA) is 55.1 Å². The van der Waals surface area contributed by atoms with Gasteiger partial charge >= 0.3 is 0 Å². The third-order valence-electron chi connectivity index (χ3n) is 5.42. The number of aromatic nitrogens is 1. The van der Waals surface area contributed by atoms with Crippen LogP contribution in [0.3, 0.4) is 0 Å². The standard InChI is InChI=1S/C18H22N2O2S/c1-11(14-9-12-6-7-13(14)8-12)19-17(21)10-23-18-20-15-4-2-3-5-16(15)22-18/h2-5,11-14H,6-10H2,1H3,(H,19,21). The molecule has 122 valence electrons. The minimum Gasteiger partial charge on any atom is -0.431 e. The molecule has 1 aromatic carbocycles. The van der Waals surface area contributed by atoms with Crippen LogP contribution in [0.1, 0.15) is 32.6 Å². The SMILES string of the molecule is CC(NC(=O)CSc1nc2ccccc2o1)C1CC2CCC1C2. The van der Waals surface area contributed by atoms with Gasteiger partial charge < -0.3 is 9.73 Å². The summed E-state index contributed by atoms with van der Waals surface area (Å²) >= 11 is 1.36. The lowest BCUT2D eigenvalue weighted by atomic mass is 9.84. The second kappa shape index (κ2) is 6.19. The molecule has 23 heavy (non-hydrogen) atoms. The average Bonchev–Trinajstić information content (AvgIpc) is 3.26. The first-order valence-corrected chi connectivity index (χ1v) is 9.45. The van der Waals surface area contributed by atoms with E-state index in [1.54, 1.807) is 0 Å². The number of para-hydroxylation sites is 2. The van der Waals surface area contributed by atoms with Crippen LogP contribution in [0.2, 0.25) is 0 Å². The average molecular weight is 330 g/mol. The van der Waals surface area contributed by atoms with Gasteiger partial charge in [0.2, 0.25) is 5.91 Å². The Morgan fingerprint density at radius 2 is 2.26 bits per heavy atom. The maximum absolute atomic E-state index is 12.2. The highest BCUT2D eigenvalue weighted by Crippen LogP contribution is 2.49. The highest BCUT2D eigenvalue weighted by molar-refractivity contribution is 7.99. The van der Waals surface area contributed by atoms with Crippen LogP contribution < -0.4 is 5.32 Å². The molecule has 1 amide bonds. The predicted molar refractivity (Wildman–Crippen MR) is 91.3 cm³/mol. The van der Waals surface area contributed by atoms with E-state index in [0.717, 1.165) is 22.9 Å². The number of carbonyl (C=O) groups is 1. The first-order valence-electron chi connectivity index (χ1n) is 8.47. The van der Waals surface area contributed by atoms with E-state index in [4.69, 9.17) is 4.42 Å². The molecule has 2 aromatic rings. The summed E-state index contributed by atoms with van der Waals surface area (Å²) in [5.41, 5.74) is 1.61. The minimum atomic E-state index is 0.0764. The third kappa shape index (κ3) is 3.11. The van der Waals surface area contributed by atoms with Crippen molar-refractivity contribution in [3.63, 3.8) is 0 Å². The van der Waals surface area contributed by atoms with Gasteiger partial charge in [0, 0.05) is 6.04 Å². The second-order valence-corrected chi connectivity index (χ2v) is 7.86. The predicted octanol–water partition coefficient (Wildman–Crippen LogP) is 3.86. The van der Waals surface area contributed by atoms with Gasteiger partial charge in [0.15, 0.2) is 5.58 Å². The zero-order valence-corrected chi connectivity index (χ0v) is 14.1. The van der Waals surface area contributed by atoms with Gasteiger partial charge in [-0.2, -0.15) is 0 Å². The van der Waals surface area contributed by atoms with E-state index >= 15 is 0 Å². The van der Waals surface area contributed by atoms with E-state index in [-0.39, 0.29) is 11.9 Å². The van der Waals surface area contributed by atoms with Gasteiger partial charge in [-0.3, -0.25) is 4.79 Å². The Bertz CT molecular complexity index is 681. The molecule has 1 heterocycles. The minimum absolute atomic E-state index is 0.0764. The fourth-order valence-electron chi connectivity index (χ4n) is 4.35. The number of nitrogens with one attached hydrogen (secondary N) is 1. The lowest BCUT2D eigenvalue weighted by molar-refractivity contribution is -0.119. The molecule has 1 aromatic heterocycles. The zero-order chi connectivity index (χ0) is 15.8. The van der Waals surface area contributed by atoms with Gasteiger partial charge in [-0.05, 0) is 56.1 Å². The number of nitrogens with zero attached hydrogens (tertiary/aromatic N) is 1. The van der Waals surface area contributed by atoms with E-state index in [1.807, 2.05) is 24.3 Å². The molecule has 5 heteroatoms. The van der Waals surface area contributed by atoms with E-state index in [1.165, 1.54) is 37.4 Å². The molecule has 1 N–H and O–H groups in total. The molecule has 2 bridgehead atoms. The van der Waals surface area contributed by atoms with Crippen LogP contribution in [0.15, 0.2) is 33.9 Å². The molecular weight excluding hydrogens is 308 g/mol. The maximum atomic E-state index is 12.2. The number of thioether (sulfide) groups is 1. The highest BCUT2D eigenvalue weighted by atomic mass is 32.2. The lowest BCUT2D eigenvalue weighted by Crippen LogP contribution is -2.40. The van der Waals surface area contributed by atoms with Crippen molar-refractivity contribution in [3.05, 3.63) is 24.3 Å². The molecule has 4 unspecified atom stereocenters. The van der Waals surface area contributed by atoms with Crippen LogP contribution in [0, 0.1) is 17.8 Å². The summed E-state index contributed by atoms with van der Waals surface area (Å²) in [6.45, 7) is 2.16. The van der Waals surface area contributed by atoms with Gasteiger partial charge in [-0.25, -0.2) is 4.98 Å². The molecule has 2 aliphatic carbocycles. The summed E-state index contributed by atoms with van der Waals surface area (Å²) in [7, 11) is 0. The summed E-state index contributed by atoms with van der Waals surface area (Å²) in [5.74, 6) is 2.86. The molecule has 0 saturated heterocycles. The molecule has 0 spiro atoms. The summed E-state index contributed by atoms with van der Waals surface area (Å²) in [5, 5.41) is 3.75. The Morgan fingerprint density at radius 1 is 1.39 bits per heavy atom. The Balaban J connectivity index is 1.30. The molecule has 0 aliphatic heterocycles. The van der Waals surface area contributed by atoms with Gasteiger partial charge in [-0.1, -0.05) is 30.3 Å². The molecule has 2 aliphatic rings. The molecule has 4 nitrogen and oxygen atoms in total. The van der Waals surface area contributed by atoms with Crippen molar-refractivity contribution in [1.29, 1.82) is 0 Å². The van der Waals surface area contributed by atoms with Crippen molar-refractivity contribution >= 4 is 28.8 Å². The normalized spacial score (nSPS) is 27.4. The van der Waals surface area contributed by atoms with Crippen LogP contribution in [-0.4, -0.2) is 22.7 Å². The molecule has 4 atom stereocenters.